The zero-order valence-corrected chi connectivity index (χ0v) is 23.4. The molecule has 0 rings (SSSR count). The molecular weight excluding hydrogens is 464 g/mol. The van der Waals surface area contributed by atoms with Crippen molar-refractivity contribution in [1.29, 1.82) is 0 Å². The van der Waals surface area contributed by atoms with Crippen LogP contribution < -0.4 is 0 Å². The lowest BCUT2D eigenvalue weighted by Gasteiger charge is -2.08. The molecule has 0 aliphatic heterocycles. The molecule has 0 atom stereocenters. The predicted octanol–water partition coefficient (Wildman–Crippen LogP) is 5.35. The van der Waals surface area contributed by atoms with E-state index in [1.165, 1.54) is 64.2 Å². The van der Waals surface area contributed by atoms with Gasteiger partial charge in [-0.15, -0.1) is 0 Å². The largest absolute Gasteiger partial charge is 0.466 e. The van der Waals surface area contributed by atoms with Crippen LogP contribution in [0.15, 0.2) is 0 Å². The zero-order valence-electron chi connectivity index (χ0n) is 23.4. The van der Waals surface area contributed by atoms with E-state index in [1.54, 1.807) is 6.92 Å². The maximum absolute atomic E-state index is 11.1. The van der Waals surface area contributed by atoms with E-state index in [4.69, 9.17) is 33.2 Å². The normalized spacial score (nSPS) is 11.3. The summed E-state index contributed by atoms with van der Waals surface area (Å²) in [4.78, 5) is 11.1. The molecule has 0 N–H and O–H groups in total. The summed E-state index contributed by atoms with van der Waals surface area (Å²) in [6.45, 7) is 11.0. The molecule has 0 aromatic rings. The van der Waals surface area contributed by atoms with Crippen LogP contribution in [-0.4, -0.2) is 91.9 Å². The van der Waals surface area contributed by atoms with Crippen molar-refractivity contribution in [1.82, 2.24) is 0 Å². The van der Waals surface area contributed by atoms with Crippen LogP contribution in [-0.2, 0) is 38.0 Å². The average Bonchev–Trinajstić information content (AvgIpc) is 2.88. The van der Waals surface area contributed by atoms with Gasteiger partial charge >= 0.3 is 5.97 Å². The third kappa shape index (κ3) is 31.3. The summed E-state index contributed by atoms with van der Waals surface area (Å²) in [5.74, 6) is -0.236. The number of unbranched alkanes of at least 4 members (excludes halogenated alkanes) is 10. The van der Waals surface area contributed by atoms with Crippen molar-refractivity contribution in [2.24, 2.45) is 0 Å². The van der Waals surface area contributed by atoms with Crippen molar-refractivity contribution in [3.8, 4) is 0 Å². The Kier molecular flexibility index (Phi) is 31.6. The first-order valence-electron chi connectivity index (χ1n) is 14.4. The van der Waals surface area contributed by atoms with Gasteiger partial charge in [0, 0.05) is 6.61 Å². The van der Waals surface area contributed by atoms with Gasteiger partial charge < -0.3 is 33.2 Å². The van der Waals surface area contributed by atoms with Crippen molar-refractivity contribution in [2.75, 3.05) is 85.9 Å². The smallest absolute Gasteiger partial charge is 0.308 e. The lowest BCUT2D eigenvalue weighted by Crippen LogP contribution is -2.14. The number of esters is 1. The maximum Gasteiger partial charge on any atom is 0.308 e. The van der Waals surface area contributed by atoms with Gasteiger partial charge in [0.1, 0.15) is 0 Å². The first-order chi connectivity index (χ1) is 17.8. The molecule has 8 heteroatoms. The summed E-state index contributed by atoms with van der Waals surface area (Å²) in [7, 11) is 0. The number of rotatable bonds is 31. The van der Waals surface area contributed by atoms with E-state index < -0.39 is 0 Å². The van der Waals surface area contributed by atoms with E-state index >= 15 is 0 Å². The van der Waals surface area contributed by atoms with Crippen LogP contribution in [0.25, 0.3) is 0 Å². The van der Waals surface area contributed by atoms with Gasteiger partial charge in [0.2, 0.25) is 0 Å². The summed E-state index contributed by atoms with van der Waals surface area (Å²) < 4.78 is 37.6. The monoisotopic (exact) mass is 520 g/mol. The highest BCUT2D eigenvalue weighted by atomic mass is 16.6. The third-order valence-corrected chi connectivity index (χ3v) is 5.51. The summed E-state index contributed by atoms with van der Waals surface area (Å²) in [6, 6.07) is 0. The molecule has 0 aliphatic rings. The minimum Gasteiger partial charge on any atom is -0.466 e. The molecule has 0 amide bonds. The van der Waals surface area contributed by atoms with Gasteiger partial charge in [-0.1, -0.05) is 71.1 Å². The second kappa shape index (κ2) is 32.3. The molecule has 0 radical (unpaired) electrons. The van der Waals surface area contributed by atoms with E-state index in [0.717, 1.165) is 13.0 Å². The predicted molar refractivity (Wildman–Crippen MR) is 143 cm³/mol. The Morgan fingerprint density at radius 1 is 0.417 bits per heavy atom. The Morgan fingerprint density at radius 3 is 1.14 bits per heavy atom. The van der Waals surface area contributed by atoms with Crippen LogP contribution in [0.5, 0.6) is 0 Å². The van der Waals surface area contributed by atoms with Crippen LogP contribution in [0.4, 0.5) is 0 Å². The van der Waals surface area contributed by atoms with E-state index in [0.29, 0.717) is 79.3 Å². The fourth-order valence-corrected chi connectivity index (χ4v) is 3.46. The maximum atomic E-state index is 11.1. The van der Waals surface area contributed by atoms with Crippen LogP contribution in [0.1, 0.15) is 90.9 Å². The third-order valence-electron chi connectivity index (χ3n) is 5.51. The van der Waals surface area contributed by atoms with E-state index in [9.17, 15) is 4.79 Å². The first-order valence-corrected chi connectivity index (χ1v) is 14.4. The molecule has 8 nitrogen and oxygen atoms in total. The van der Waals surface area contributed by atoms with Gasteiger partial charge in [-0.05, 0) is 13.3 Å². The van der Waals surface area contributed by atoms with Crippen LogP contribution in [0, 0.1) is 0 Å². The van der Waals surface area contributed by atoms with Crippen molar-refractivity contribution >= 4 is 5.97 Å². The Bertz CT molecular complexity index is 422. The molecule has 0 heterocycles. The SMILES string of the molecule is CCCCCCCCCCCCCOCCOCCOCCOCCOCCOCCC(=O)OCC. The van der Waals surface area contributed by atoms with Crippen molar-refractivity contribution in [2.45, 2.75) is 90.9 Å². The summed E-state index contributed by atoms with van der Waals surface area (Å²) in [5.41, 5.74) is 0. The van der Waals surface area contributed by atoms with E-state index in [2.05, 4.69) is 6.92 Å². The lowest BCUT2D eigenvalue weighted by atomic mass is 10.1. The molecule has 0 bridgehead atoms. The van der Waals surface area contributed by atoms with Gasteiger partial charge in [0.05, 0.1) is 85.7 Å². The number of ether oxygens (including phenoxy) is 7. The molecule has 0 aliphatic carbocycles. The molecule has 0 saturated heterocycles. The Balaban J connectivity index is 3.04. The second-order valence-electron chi connectivity index (χ2n) is 8.76. The van der Waals surface area contributed by atoms with Gasteiger partial charge in [0.25, 0.3) is 0 Å². The van der Waals surface area contributed by atoms with Crippen molar-refractivity contribution in [3.05, 3.63) is 0 Å². The Hall–Kier alpha value is -0.770. The minimum absolute atomic E-state index is 0.236. The number of carbonyl (C=O) groups excluding carboxylic acids is 1. The fourth-order valence-electron chi connectivity index (χ4n) is 3.46. The zero-order chi connectivity index (χ0) is 26.2. The Labute approximate surface area is 221 Å². The van der Waals surface area contributed by atoms with Gasteiger partial charge in [-0.3, -0.25) is 4.79 Å². The number of hydrogen-bond acceptors (Lipinski definition) is 8. The summed E-state index contributed by atoms with van der Waals surface area (Å²) in [5, 5.41) is 0. The van der Waals surface area contributed by atoms with Crippen LogP contribution in [0.3, 0.4) is 0 Å². The molecule has 0 fully saturated rings. The van der Waals surface area contributed by atoms with Crippen molar-refractivity contribution in [3.63, 3.8) is 0 Å². The summed E-state index contributed by atoms with van der Waals surface area (Å²) >= 11 is 0. The van der Waals surface area contributed by atoms with Gasteiger partial charge in [-0.25, -0.2) is 0 Å². The highest BCUT2D eigenvalue weighted by Gasteiger charge is 2.00. The highest BCUT2D eigenvalue weighted by molar-refractivity contribution is 5.69. The molecule has 0 aromatic carbocycles. The number of carbonyl (C=O) groups is 1. The van der Waals surface area contributed by atoms with Gasteiger partial charge in [0.15, 0.2) is 0 Å². The van der Waals surface area contributed by atoms with E-state index in [-0.39, 0.29) is 12.4 Å². The second-order valence-corrected chi connectivity index (χ2v) is 8.76. The summed E-state index contributed by atoms with van der Waals surface area (Å²) in [6.07, 6.45) is 15.2. The topological polar surface area (TPSA) is 81.7 Å². The molecular formula is C28H56O8. The number of hydrogen-bond donors (Lipinski definition) is 0. The molecule has 0 unspecified atom stereocenters. The first kappa shape index (κ1) is 35.2. The Morgan fingerprint density at radius 2 is 0.750 bits per heavy atom. The van der Waals surface area contributed by atoms with E-state index in [1.807, 2.05) is 0 Å². The van der Waals surface area contributed by atoms with Crippen LogP contribution in [0.2, 0.25) is 0 Å². The molecule has 36 heavy (non-hydrogen) atoms. The molecule has 0 spiro atoms. The standard InChI is InChI=1S/C28H56O8/c1-3-5-6-7-8-9-10-11-12-13-14-16-30-18-20-32-22-24-34-26-27-35-25-23-33-21-19-31-17-15-28(29)36-4-2/h3-27H2,1-2H3. The molecule has 216 valence electrons. The lowest BCUT2D eigenvalue weighted by molar-refractivity contribution is -0.144. The highest BCUT2D eigenvalue weighted by Crippen LogP contribution is 2.11. The quantitative estimate of drug-likeness (QED) is 0.0894. The van der Waals surface area contributed by atoms with Crippen molar-refractivity contribution < 1.29 is 38.0 Å². The minimum atomic E-state index is -0.236. The fraction of sp³-hybridized carbons (Fsp3) is 0.964. The molecule has 0 saturated carbocycles. The van der Waals surface area contributed by atoms with Crippen LogP contribution >= 0.6 is 0 Å². The van der Waals surface area contributed by atoms with Gasteiger partial charge in [-0.2, -0.15) is 0 Å². The molecule has 0 aromatic heterocycles. The average molecular weight is 521 g/mol.